The highest BCUT2D eigenvalue weighted by Gasteiger charge is 2.28. The van der Waals surface area contributed by atoms with Gasteiger partial charge in [-0.2, -0.15) is 0 Å². The molecule has 2 atom stereocenters. The number of hydrogen-bond acceptors (Lipinski definition) is 3. The minimum Gasteiger partial charge on any atom is -0.481 e. The van der Waals surface area contributed by atoms with Gasteiger partial charge in [0.1, 0.15) is 4.88 Å². The van der Waals surface area contributed by atoms with E-state index < -0.39 is 5.97 Å². The van der Waals surface area contributed by atoms with E-state index in [1.54, 1.807) is 0 Å². The third-order valence-electron chi connectivity index (χ3n) is 3.46. The first-order valence-corrected chi connectivity index (χ1v) is 7.52. The van der Waals surface area contributed by atoms with E-state index in [9.17, 15) is 9.59 Å². The van der Waals surface area contributed by atoms with Crippen molar-refractivity contribution in [3.05, 3.63) is 20.8 Å². The van der Waals surface area contributed by atoms with E-state index in [4.69, 9.17) is 16.7 Å². The molecule has 0 aromatic carbocycles. The summed E-state index contributed by atoms with van der Waals surface area (Å²) in [5, 5.41) is 14.3. The maximum Gasteiger partial charge on any atom is 0.306 e. The van der Waals surface area contributed by atoms with Crippen LogP contribution in [0.3, 0.4) is 0 Å². The standard InChI is InChI=1S/C13H16ClNO3S/c1-7-6-19-11(10(7)14)12(16)15-9-4-2-3-8(5-9)13(17)18/h6,8-9H,2-5H2,1H3,(H,15,16)(H,17,18). The molecule has 1 amide bonds. The van der Waals surface area contributed by atoms with E-state index >= 15 is 0 Å². The summed E-state index contributed by atoms with van der Waals surface area (Å²) in [6.45, 7) is 1.86. The highest BCUT2D eigenvalue weighted by atomic mass is 35.5. The summed E-state index contributed by atoms with van der Waals surface area (Å²) < 4.78 is 0. The minimum absolute atomic E-state index is 0.0687. The fourth-order valence-corrected chi connectivity index (χ4v) is 3.56. The number of carbonyl (C=O) groups is 2. The predicted octanol–water partition coefficient (Wildman–Crippen LogP) is 3.08. The van der Waals surface area contributed by atoms with E-state index in [-0.39, 0.29) is 17.9 Å². The van der Waals surface area contributed by atoms with Crippen molar-refractivity contribution in [3.8, 4) is 0 Å². The molecule has 1 saturated carbocycles. The largest absolute Gasteiger partial charge is 0.481 e. The molecule has 1 fully saturated rings. The number of rotatable bonds is 3. The molecule has 104 valence electrons. The summed E-state index contributed by atoms with van der Waals surface area (Å²) in [5.74, 6) is -1.32. The average molecular weight is 302 g/mol. The molecule has 0 radical (unpaired) electrons. The van der Waals surface area contributed by atoms with Gasteiger partial charge in [-0.15, -0.1) is 11.3 Å². The summed E-state index contributed by atoms with van der Waals surface area (Å²) in [6, 6.07) is -0.0687. The van der Waals surface area contributed by atoms with Crippen LogP contribution in [0.15, 0.2) is 5.38 Å². The van der Waals surface area contributed by atoms with Crippen LogP contribution in [0.4, 0.5) is 0 Å². The summed E-state index contributed by atoms with van der Waals surface area (Å²) in [5.41, 5.74) is 0.892. The van der Waals surface area contributed by atoms with E-state index in [0.29, 0.717) is 22.7 Å². The van der Waals surface area contributed by atoms with Crippen molar-refractivity contribution in [3.63, 3.8) is 0 Å². The van der Waals surface area contributed by atoms with Crippen LogP contribution in [0.1, 0.15) is 40.9 Å². The van der Waals surface area contributed by atoms with Crippen molar-refractivity contribution < 1.29 is 14.7 Å². The third-order valence-corrected chi connectivity index (χ3v) is 5.16. The second-order valence-corrected chi connectivity index (χ2v) is 6.19. The van der Waals surface area contributed by atoms with E-state index in [0.717, 1.165) is 18.4 Å². The number of aryl methyl sites for hydroxylation is 1. The molecule has 1 aromatic heterocycles. The van der Waals surface area contributed by atoms with Gasteiger partial charge in [-0.05, 0) is 37.1 Å². The Morgan fingerprint density at radius 3 is 2.79 bits per heavy atom. The molecule has 1 aromatic rings. The number of aliphatic carboxylic acids is 1. The van der Waals surface area contributed by atoms with Crippen molar-refractivity contribution in [2.24, 2.45) is 5.92 Å². The Balaban J connectivity index is 1.99. The van der Waals surface area contributed by atoms with Crippen LogP contribution in [-0.4, -0.2) is 23.0 Å². The van der Waals surface area contributed by atoms with Crippen molar-refractivity contribution in [2.45, 2.75) is 38.6 Å². The number of carboxylic acids is 1. The van der Waals surface area contributed by atoms with Gasteiger partial charge in [-0.1, -0.05) is 18.0 Å². The quantitative estimate of drug-likeness (QED) is 0.901. The Labute approximate surface area is 120 Å². The fourth-order valence-electron chi connectivity index (χ4n) is 2.38. The van der Waals surface area contributed by atoms with Gasteiger partial charge in [0.05, 0.1) is 10.9 Å². The highest BCUT2D eigenvalue weighted by molar-refractivity contribution is 7.13. The monoisotopic (exact) mass is 301 g/mol. The van der Waals surface area contributed by atoms with Gasteiger partial charge < -0.3 is 10.4 Å². The van der Waals surface area contributed by atoms with E-state index in [2.05, 4.69) is 5.32 Å². The Bertz CT molecular complexity index is 500. The van der Waals surface area contributed by atoms with Crippen LogP contribution in [0.2, 0.25) is 5.02 Å². The minimum atomic E-state index is -0.774. The number of carbonyl (C=O) groups excluding carboxylic acids is 1. The molecule has 6 heteroatoms. The predicted molar refractivity (Wildman–Crippen MR) is 74.9 cm³/mol. The number of halogens is 1. The summed E-state index contributed by atoms with van der Waals surface area (Å²) in [6.07, 6.45) is 2.86. The summed E-state index contributed by atoms with van der Waals surface area (Å²) >= 11 is 7.38. The normalized spacial score (nSPS) is 23.1. The van der Waals surface area contributed by atoms with Gasteiger partial charge in [0, 0.05) is 6.04 Å². The molecular weight excluding hydrogens is 286 g/mol. The Morgan fingerprint density at radius 1 is 1.47 bits per heavy atom. The molecule has 0 bridgehead atoms. The number of hydrogen-bond donors (Lipinski definition) is 2. The first-order valence-electron chi connectivity index (χ1n) is 6.26. The molecule has 2 unspecified atom stereocenters. The van der Waals surface area contributed by atoms with Crippen molar-refractivity contribution in [1.29, 1.82) is 0 Å². The summed E-state index contributed by atoms with van der Waals surface area (Å²) in [4.78, 5) is 23.6. The first kappa shape index (κ1) is 14.3. The molecule has 2 rings (SSSR count). The molecule has 2 N–H and O–H groups in total. The van der Waals surface area contributed by atoms with Gasteiger partial charge in [-0.3, -0.25) is 9.59 Å². The van der Waals surface area contributed by atoms with Crippen molar-refractivity contribution in [1.82, 2.24) is 5.32 Å². The third kappa shape index (κ3) is 3.28. The maximum absolute atomic E-state index is 12.1. The van der Waals surface area contributed by atoms with Gasteiger partial charge in [0.15, 0.2) is 0 Å². The van der Waals surface area contributed by atoms with E-state index in [1.807, 2.05) is 12.3 Å². The molecule has 1 heterocycles. The van der Waals surface area contributed by atoms with Crippen LogP contribution >= 0.6 is 22.9 Å². The van der Waals surface area contributed by atoms with Crippen LogP contribution < -0.4 is 5.32 Å². The number of amides is 1. The zero-order valence-electron chi connectivity index (χ0n) is 10.6. The van der Waals surface area contributed by atoms with Crippen LogP contribution in [0.25, 0.3) is 0 Å². The molecule has 0 aliphatic heterocycles. The Morgan fingerprint density at radius 2 is 2.21 bits per heavy atom. The Kier molecular flexibility index (Phi) is 4.47. The lowest BCUT2D eigenvalue weighted by atomic mass is 9.86. The number of thiophene rings is 1. The van der Waals surface area contributed by atoms with Crippen LogP contribution in [0, 0.1) is 12.8 Å². The molecule has 0 saturated heterocycles. The topological polar surface area (TPSA) is 66.4 Å². The molecular formula is C13H16ClNO3S. The van der Waals surface area contributed by atoms with Gasteiger partial charge in [-0.25, -0.2) is 0 Å². The van der Waals surface area contributed by atoms with Gasteiger partial charge in [0.25, 0.3) is 5.91 Å². The van der Waals surface area contributed by atoms with Crippen molar-refractivity contribution in [2.75, 3.05) is 0 Å². The maximum atomic E-state index is 12.1. The van der Waals surface area contributed by atoms with Gasteiger partial charge in [0.2, 0.25) is 0 Å². The lowest BCUT2D eigenvalue weighted by Gasteiger charge is -2.27. The van der Waals surface area contributed by atoms with Crippen LogP contribution in [0.5, 0.6) is 0 Å². The van der Waals surface area contributed by atoms with Gasteiger partial charge >= 0.3 is 5.97 Å². The smallest absolute Gasteiger partial charge is 0.306 e. The summed E-state index contributed by atoms with van der Waals surface area (Å²) in [7, 11) is 0. The Hall–Kier alpha value is -1.07. The fraction of sp³-hybridized carbons (Fsp3) is 0.538. The SMILES string of the molecule is Cc1csc(C(=O)NC2CCCC(C(=O)O)C2)c1Cl. The number of nitrogens with one attached hydrogen (secondary N) is 1. The first-order chi connectivity index (χ1) is 8.99. The van der Waals surface area contributed by atoms with Crippen LogP contribution in [-0.2, 0) is 4.79 Å². The number of carboxylic acid groups (broad SMARTS) is 1. The second kappa shape index (κ2) is 5.92. The molecule has 0 spiro atoms. The lowest BCUT2D eigenvalue weighted by molar-refractivity contribution is -0.143. The second-order valence-electron chi connectivity index (χ2n) is 4.93. The zero-order chi connectivity index (χ0) is 14.0. The van der Waals surface area contributed by atoms with E-state index in [1.165, 1.54) is 11.3 Å². The molecule has 1 aliphatic rings. The van der Waals surface area contributed by atoms with Crippen molar-refractivity contribution >= 4 is 34.8 Å². The molecule has 19 heavy (non-hydrogen) atoms. The highest BCUT2D eigenvalue weighted by Crippen LogP contribution is 2.28. The average Bonchev–Trinajstić information content (AvgIpc) is 2.70. The zero-order valence-corrected chi connectivity index (χ0v) is 12.2. The lowest BCUT2D eigenvalue weighted by Crippen LogP contribution is -2.39. The molecule has 1 aliphatic carbocycles. The molecule has 4 nitrogen and oxygen atoms in total.